The maximum atomic E-state index is 12.9. The highest BCUT2D eigenvalue weighted by Crippen LogP contribution is 2.32. The van der Waals surface area contributed by atoms with Gasteiger partial charge in [0, 0.05) is 24.2 Å². The Hall–Kier alpha value is -2.05. The van der Waals surface area contributed by atoms with E-state index in [1.165, 1.54) is 11.6 Å². The Labute approximate surface area is 170 Å². The Kier molecular flexibility index (Phi) is 6.54. The first-order chi connectivity index (χ1) is 13.6. The molecule has 0 saturated carbocycles. The summed E-state index contributed by atoms with van der Waals surface area (Å²) in [6.45, 7) is 7.37. The molecule has 2 atom stereocenters. The van der Waals surface area contributed by atoms with Crippen LogP contribution in [-0.2, 0) is 12.0 Å². The van der Waals surface area contributed by atoms with Crippen LogP contribution in [-0.4, -0.2) is 18.9 Å². The molecule has 0 radical (unpaired) electrons. The highest BCUT2D eigenvalue weighted by molar-refractivity contribution is 5.40. The minimum Gasteiger partial charge on any atom is -0.405 e. The third-order valence-electron chi connectivity index (χ3n) is 5.32. The van der Waals surface area contributed by atoms with Gasteiger partial charge in [-0.25, -0.2) is 0 Å². The quantitative estimate of drug-likeness (QED) is 0.691. The predicted molar refractivity (Wildman–Crippen MR) is 109 cm³/mol. The lowest BCUT2D eigenvalue weighted by molar-refractivity contribution is -0.274. The Morgan fingerprint density at radius 3 is 2.45 bits per heavy atom. The molecule has 6 heteroatoms. The summed E-state index contributed by atoms with van der Waals surface area (Å²) in [5.74, 6) is -0.141. The van der Waals surface area contributed by atoms with Crippen molar-refractivity contribution in [3.63, 3.8) is 0 Å². The van der Waals surface area contributed by atoms with Crippen LogP contribution in [0.25, 0.3) is 0 Å². The topological polar surface area (TPSA) is 33.3 Å². The first-order valence-corrected chi connectivity index (χ1v) is 10.0. The van der Waals surface area contributed by atoms with Gasteiger partial charge in [-0.2, -0.15) is 0 Å². The van der Waals surface area contributed by atoms with Crippen molar-refractivity contribution < 1.29 is 17.9 Å². The van der Waals surface area contributed by atoms with Crippen molar-refractivity contribution in [3.05, 3.63) is 65.2 Å². The molecule has 2 aromatic rings. The molecular weight excluding hydrogens is 377 g/mol. The molecule has 0 bridgehead atoms. The van der Waals surface area contributed by atoms with Gasteiger partial charge in [0.15, 0.2) is 0 Å². The Morgan fingerprint density at radius 2 is 1.79 bits per heavy atom. The van der Waals surface area contributed by atoms with Crippen molar-refractivity contribution in [2.24, 2.45) is 0 Å². The van der Waals surface area contributed by atoms with E-state index >= 15 is 0 Å². The third kappa shape index (κ3) is 5.97. The van der Waals surface area contributed by atoms with Crippen LogP contribution in [0.5, 0.6) is 5.75 Å². The molecule has 1 fully saturated rings. The van der Waals surface area contributed by atoms with E-state index in [9.17, 15) is 13.2 Å². The van der Waals surface area contributed by atoms with Crippen molar-refractivity contribution in [2.45, 2.75) is 64.0 Å². The summed E-state index contributed by atoms with van der Waals surface area (Å²) in [6.07, 6.45) is -2.73. The molecule has 2 aromatic carbocycles. The maximum Gasteiger partial charge on any atom is 0.573 e. The van der Waals surface area contributed by atoms with Gasteiger partial charge in [-0.3, -0.25) is 0 Å². The zero-order valence-electron chi connectivity index (χ0n) is 17.1. The molecule has 1 saturated heterocycles. The van der Waals surface area contributed by atoms with Crippen molar-refractivity contribution >= 4 is 0 Å². The Bertz CT molecular complexity index is 800. The lowest BCUT2D eigenvalue weighted by Crippen LogP contribution is -2.45. The molecular formula is C23H29F3N2O. The second-order valence-electron chi connectivity index (χ2n) is 8.59. The largest absolute Gasteiger partial charge is 0.573 e. The molecule has 0 aliphatic carbocycles. The van der Waals surface area contributed by atoms with E-state index in [-0.39, 0.29) is 23.2 Å². The second kappa shape index (κ2) is 8.76. The molecule has 3 nitrogen and oxygen atoms in total. The van der Waals surface area contributed by atoms with Gasteiger partial charge < -0.3 is 15.4 Å². The van der Waals surface area contributed by atoms with Crippen molar-refractivity contribution in [3.8, 4) is 5.75 Å². The smallest absolute Gasteiger partial charge is 0.405 e. The number of halogens is 3. The SMILES string of the molecule is CC(C)(C)c1ccc(OC(F)(F)F)c(CNC2CCCNC2c2ccccc2)c1. The van der Waals surface area contributed by atoms with E-state index in [1.54, 1.807) is 6.07 Å². The van der Waals surface area contributed by atoms with E-state index in [2.05, 4.69) is 27.5 Å². The van der Waals surface area contributed by atoms with E-state index in [0.717, 1.165) is 24.9 Å². The molecule has 1 aliphatic heterocycles. The van der Waals surface area contributed by atoms with Gasteiger partial charge in [0.1, 0.15) is 5.75 Å². The molecule has 0 spiro atoms. The summed E-state index contributed by atoms with van der Waals surface area (Å²) in [4.78, 5) is 0. The van der Waals surface area contributed by atoms with Crippen LogP contribution >= 0.6 is 0 Å². The number of rotatable bonds is 5. The monoisotopic (exact) mass is 406 g/mol. The normalized spacial score (nSPS) is 20.5. The van der Waals surface area contributed by atoms with Gasteiger partial charge in [-0.1, -0.05) is 63.2 Å². The molecule has 1 heterocycles. The summed E-state index contributed by atoms with van der Waals surface area (Å²) in [7, 11) is 0. The number of nitrogens with one attached hydrogen (secondary N) is 2. The van der Waals surface area contributed by atoms with E-state index in [0.29, 0.717) is 12.1 Å². The van der Waals surface area contributed by atoms with Crippen LogP contribution in [0, 0.1) is 0 Å². The van der Waals surface area contributed by atoms with Gasteiger partial charge in [0.2, 0.25) is 0 Å². The molecule has 0 amide bonds. The fourth-order valence-corrected chi connectivity index (χ4v) is 3.77. The van der Waals surface area contributed by atoms with Gasteiger partial charge in [-0.05, 0) is 42.0 Å². The van der Waals surface area contributed by atoms with E-state index < -0.39 is 6.36 Å². The molecule has 29 heavy (non-hydrogen) atoms. The van der Waals surface area contributed by atoms with Crippen LogP contribution in [0.1, 0.15) is 56.3 Å². The number of hydrogen-bond acceptors (Lipinski definition) is 3. The molecule has 0 aromatic heterocycles. The zero-order valence-corrected chi connectivity index (χ0v) is 17.1. The standard InChI is InChI=1S/C23H29F3N2O/c1-22(2,3)18-11-12-20(29-23(24,25)26)17(14-18)15-28-19-10-7-13-27-21(19)16-8-5-4-6-9-16/h4-6,8-9,11-12,14,19,21,27-28H,7,10,13,15H2,1-3H3. The van der Waals surface area contributed by atoms with Crippen LogP contribution in [0.3, 0.4) is 0 Å². The average molecular weight is 406 g/mol. The molecule has 2 N–H and O–H groups in total. The third-order valence-corrected chi connectivity index (χ3v) is 5.32. The number of benzene rings is 2. The van der Waals surface area contributed by atoms with Gasteiger partial charge in [-0.15, -0.1) is 13.2 Å². The number of alkyl halides is 3. The number of piperidine rings is 1. The van der Waals surface area contributed by atoms with Crippen LogP contribution in [0.4, 0.5) is 13.2 Å². The first-order valence-electron chi connectivity index (χ1n) is 10.0. The second-order valence-corrected chi connectivity index (χ2v) is 8.59. The van der Waals surface area contributed by atoms with Gasteiger partial charge >= 0.3 is 6.36 Å². The number of hydrogen-bond donors (Lipinski definition) is 2. The maximum absolute atomic E-state index is 12.9. The summed E-state index contributed by atoms with van der Waals surface area (Å²) in [5.41, 5.74) is 2.52. The highest BCUT2D eigenvalue weighted by Gasteiger charge is 2.33. The van der Waals surface area contributed by atoms with Crippen LogP contribution < -0.4 is 15.4 Å². The van der Waals surface area contributed by atoms with Crippen molar-refractivity contribution in [2.75, 3.05) is 6.54 Å². The minimum absolute atomic E-state index is 0.128. The van der Waals surface area contributed by atoms with Gasteiger partial charge in [0.25, 0.3) is 0 Å². The molecule has 2 unspecified atom stereocenters. The first kappa shape index (κ1) is 21.7. The van der Waals surface area contributed by atoms with E-state index in [4.69, 9.17) is 0 Å². The summed E-state index contributed by atoms with van der Waals surface area (Å²) < 4.78 is 42.9. The zero-order chi connectivity index (χ0) is 21.1. The van der Waals surface area contributed by atoms with Crippen LogP contribution in [0.2, 0.25) is 0 Å². The fourth-order valence-electron chi connectivity index (χ4n) is 3.77. The minimum atomic E-state index is -4.71. The molecule has 3 rings (SSSR count). The predicted octanol–water partition coefficient (Wildman–Crippen LogP) is 5.47. The van der Waals surface area contributed by atoms with E-state index in [1.807, 2.05) is 45.0 Å². The average Bonchev–Trinajstić information content (AvgIpc) is 2.66. The fraction of sp³-hybridized carbons (Fsp3) is 0.478. The summed E-state index contributed by atoms with van der Waals surface area (Å²) in [5, 5.41) is 7.02. The van der Waals surface area contributed by atoms with Crippen molar-refractivity contribution in [1.82, 2.24) is 10.6 Å². The molecule has 1 aliphatic rings. The number of ether oxygens (including phenoxy) is 1. The van der Waals surface area contributed by atoms with Crippen molar-refractivity contribution in [1.29, 1.82) is 0 Å². The summed E-state index contributed by atoms with van der Waals surface area (Å²) >= 11 is 0. The lowest BCUT2D eigenvalue weighted by atomic mass is 9.86. The van der Waals surface area contributed by atoms with Gasteiger partial charge in [0.05, 0.1) is 0 Å². The lowest BCUT2D eigenvalue weighted by Gasteiger charge is -2.34. The molecule has 158 valence electrons. The van der Waals surface area contributed by atoms with Crippen LogP contribution in [0.15, 0.2) is 48.5 Å². The Balaban J connectivity index is 1.81. The summed E-state index contributed by atoms with van der Waals surface area (Å²) in [6, 6.07) is 15.4. The highest BCUT2D eigenvalue weighted by atomic mass is 19.4. The Morgan fingerprint density at radius 1 is 1.07 bits per heavy atom.